The molecule has 0 aliphatic carbocycles. The third kappa shape index (κ3) is 2.67. The summed E-state index contributed by atoms with van der Waals surface area (Å²) in [6.07, 6.45) is -1.12. The fourth-order valence-corrected chi connectivity index (χ4v) is 1.14. The van der Waals surface area contributed by atoms with Crippen LogP contribution in [-0.2, 0) is 9.53 Å². The molecule has 2 atom stereocenters. The Hall–Kier alpha value is -0.650. The molecule has 0 saturated carbocycles. The Kier molecular flexibility index (Phi) is 5.04. The summed E-state index contributed by atoms with van der Waals surface area (Å²) < 4.78 is 4.69. The molecule has 14 heavy (non-hydrogen) atoms. The van der Waals surface area contributed by atoms with Crippen molar-refractivity contribution in [3.63, 3.8) is 0 Å². The maximum absolute atomic E-state index is 11.4. The van der Waals surface area contributed by atoms with Gasteiger partial charge in [-0.1, -0.05) is 13.8 Å². The zero-order chi connectivity index (χ0) is 11.4. The lowest BCUT2D eigenvalue weighted by Crippen LogP contribution is -2.62. The van der Waals surface area contributed by atoms with Gasteiger partial charge >= 0.3 is 5.97 Å². The Bertz CT molecular complexity index is 195. The van der Waals surface area contributed by atoms with E-state index >= 15 is 0 Å². The van der Waals surface area contributed by atoms with E-state index in [1.807, 2.05) is 0 Å². The fraction of sp³-hybridized carbons (Fsp3) is 0.889. The number of hydrogen-bond acceptors (Lipinski definition) is 5. The van der Waals surface area contributed by atoms with Gasteiger partial charge in [-0.25, -0.2) is 4.79 Å². The molecule has 0 saturated heterocycles. The number of rotatable bonds is 5. The van der Waals surface area contributed by atoms with E-state index in [1.54, 1.807) is 20.8 Å². The molecule has 0 aliphatic rings. The van der Waals surface area contributed by atoms with Crippen molar-refractivity contribution in [3.8, 4) is 0 Å². The fourth-order valence-electron chi connectivity index (χ4n) is 1.14. The number of carbonyl (C=O) groups is 1. The maximum atomic E-state index is 11.4. The first-order valence-corrected chi connectivity index (χ1v) is 4.65. The maximum Gasteiger partial charge on any atom is 0.331 e. The summed E-state index contributed by atoms with van der Waals surface area (Å²) in [5, 5.41) is 18.7. The van der Waals surface area contributed by atoms with Gasteiger partial charge in [0, 0.05) is 0 Å². The minimum atomic E-state index is -1.72. The minimum absolute atomic E-state index is 0.169. The molecule has 0 unspecified atom stereocenters. The second-order valence-electron chi connectivity index (χ2n) is 3.61. The highest BCUT2D eigenvalue weighted by atomic mass is 16.5. The molecule has 0 bridgehead atoms. The van der Waals surface area contributed by atoms with Crippen LogP contribution in [0.2, 0.25) is 0 Å². The molecule has 5 heteroatoms. The van der Waals surface area contributed by atoms with Crippen molar-refractivity contribution in [1.82, 2.24) is 0 Å². The molecule has 0 spiro atoms. The van der Waals surface area contributed by atoms with Crippen molar-refractivity contribution < 1.29 is 19.7 Å². The Morgan fingerprint density at radius 2 is 2.07 bits per heavy atom. The standard InChI is InChI=1S/C9H19NO4/c1-4-14-8(13)9(10,5-11)7(12)6(2)3/h6-7,11-12H,4-5,10H2,1-3H3/t7-,9+/m0/s1. The van der Waals surface area contributed by atoms with Crippen molar-refractivity contribution in [2.45, 2.75) is 32.4 Å². The van der Waals surface area contributed by atoms with Gasteiger partial charge in [-0.2, -0.15) is 0 Å². The molecular weight excluding hydrogens is 186 g/mol. The van der Waals surface area contributed by atoms with Crippen molar-refractivity contribution in [2.75, 3.05) is 13.2 Å². The van der Waals surface area contributed by atoms with Crippen molar-refractivity contribution >= 4 is 5.97 Å². The monoisotopic (exact) mass is 205 g/mol. The lowest BCUT2D eigenvalue weighted by molar-refractivity contribution is -0.158. The van der Waals surface area contributed by atoms with E-state index in [2.05, 4.69) is 4.74 Å². The highest BCUT2D eigenvalue weighted by molar-refractivity contribution is 5.81. The van der Waals surface area contributed by atoms with Crippen molar-refractivity contribution in [2.24, 2.45) is 11.7 Å². The summed E-state index contributed by atoms with van der Waals surface area (Å²) in [6, 6.07) is 0. The van der Waals surface area contributed by atoms with Crippen LogP contribution in [0.3, 0.4) is 0 Å². The topological polar surface area (TPSA) is 92.8 Å². The molecule has 0 radical (unpaired) electrons. The van der Waals surface area contributed by atoms with Crippen LogP contribution in [0.15, 0.2) is 0 Å². The Labute approximate surface area is 83.9 Å². The van der Waals surface area contributed by atoms with Gasteiger partial charge in [-0.15, -0.1) is 0 Å². The number of nitrogens with two attached hydrogens (primary N) is 1. The van der Waals surface area contributed by atoms with Gasteiger partial charge < -0.3 is 20.7 Å². The largest absolute Gasteiger partial charge is 0.464 e. The highest BCUT2D eigenvalue weighted by Gasteiger charge is 2.43. The average molecular weight is 205 g/mol. The van der Waals surface area contributed by atoms with Crippen LogP contribution < -0.4 is 5.73 Å². The number of carbonyl (C=O) groups excluding carboxylic acids is 1. The number of aliphatic hydroxyl groups is 2. The van der Waals surface area contributed by atoms with Gasteiger partial charge in [-0.3, -0.25) is 0 Å². The zero-order valence-corrected chi connectivity index (χ0v) is 8.86. The Morgan fingerprint density at radius 3 is 2.36 bits per heavy atom. The van der Waals surface area contributed by atoms with Crippen LogP contribution in [0.5, 0.6) is 0 Å². The molecule has 0 fully saturated rings. The summed E-state index contributed by atoms with van der Waals surface area (Å²) in [6.45, 7) is 4.59. The number of aliphatic hydroxyl groups excluding tert-OH is 2. The Balaban J connectivity index is 4.69. The zero-order valence-electron chi connectivity index (χ0n) is 8.86. The van der Waals surface area contributed by atoms with Crippen LogP contribution in [0.4, 0.5) is 0 Å². The molecule has 4 N–H and O–H groups in total. The van der Waals surface area contributed by atoms with Crippen LogP contribution in [0.1, 0.15) is 20.8 Å². The number of ether oxygens (including phenoxy) is 1. The molecule has 84 valence electrons. The van der Waals surface area contributed by atoms with E-state index in [0.29, 0.717) is 0 Å². The third-order valence-corrected chi connectivity index (χ3v) is 2.08. The molecule has 0 amide bonds. The smallest absolute Gasteiger partial charge is 0.331 e. The predicted molar refractivity (Wildman–Crippen MR) is 51.5 cm³/mol. The molecule has 5 nitrogen and oxygen atoms in total. The van der Waals surface area contributed by atoms with Crippen molar-refractivity contribution in [1.29, 1.82) is 0 Å². The third-order valence-electron chi connectivity index (χ3n) is 2.08. The van der Waals surface area contributed by atoms with E-state index in [1.165, 1.54) is 0 Å². The Morgan fingerprint density at radius 1 is 1.57 bits per heavy atom. The predicted octanol–water partition coefficient (Wildman–Crippen LogP) is -0.744. The second kappa shape index (κ2) is 5.29. The lowest BCUT2D eigenvalue weighted by atomic mass is 9.87. The van der Waals surface area contributed by atoms with Gasteiger partial charge in [0.05, 0.1) is 19.3 Å². The molecule has 0 heterocycles. The second-order valence-corrected chi connectivity index (χ2v) is 3.61. The first-order valence-electron chi connectivity index (χ1n) is 4.65. The quantitative estimate of drug-likeness (QED) is 0.514. The van der Waals surface area contributed by atoms with E-state index in [-0.39, 0.29) is 12.5 Å². The first-order chi connectivity index (χ1) is 6.40. The summed E-state index contributed by atoms with van der Waals surface area (Å²) >= 11 is 0. The van der Waals surface area contributed by atoms with Gasteiger partial charge in [0.1, 0.15) is 0 Å². The highest BCUT2D eigenvalue weighted by Crippen LogP contribution is 2.16. The van der Waals surface area contributed by atoms with Crippen molar-refractivity contribution in [3.05, 3.63) is 0 Å². The van der Waals surface area contributed by atoms with E-state index in [9.17, 15) is 9.90 Å². The summed E-state index contributed by atoms with van der Waals surface area (Å²) in [7, 11) is 0. The lowest BCUT2D eigenvalue weighted by Gasteiger charge is -2.32. The first kappa shape index (κ1) is 13.4. The molecule has 0 rings (SSSR count). The summed E-state index contributed by atoms with van der Waals surface area (Å²) in [5.74, 6) is -1.000. The van der Waals surface area contributed by atoms with Gasteiger partial charge in [0.2, 0.25) is 0 Å². The van der Waals surface area contributed by atoms with E-state index in [0.717, 1.165) is 0 Å². The molecular formula is C9H19NO4. The van der Waals surface area contributed by atoms with Gasteiger partial charge in [0.15, 0.2) is 5.54 Å². The summed E-state index contributed by atoms with van der Waals surface area (Å²) in [5.41, 5.74) is 3.88. The summed E-state index contributed by atoms with van der Waals surface area (Å²) in [4.78, 5) is 11.4. The minimum Gasteiger partial charge on any atom is -0.464 e. The molecule has 0 aromatic carbocycles. The number of hydrogen-bond donors (Lipinski definition) is 3. The van der Waals surface area contributed by atoms with Crippen LogP contribution in [-0.4, -0.2) is 41.0 Å². The van der Waals surface area contributed by atoms with Crippen LogP contribution >= 0.6 is 0 Å². The van der Waals surface area contributed by atoms with Crippen LogP contribution in [0.25, 0.3) is 0 Å². The van der Waals surface area contributed by atoms with Gasteiger partial charge in [0.25, 0.3) is 0 Å². The average Bonchev–Trinajstić information content (AvgIpc) is 2.15. The molecule has 0 aliphatic heterocycles. The van der Waals surface area contributed by atoms with E-state index < -0.39 is 24.2 Å². The van der Waals surface area contributed by atoms with Crippen LogP contribution in [0, 0.1) is 5.92 Å². The SMILES string of the molecule is CCOC(=O)[C@@](N)(CO)[C@@H](O)C(C)C. The number of esters is 1. The van der Waals surface area contributed by atoms with Gasteiger partial charge in [-0.05, 0) is 12.8 Å². The van der Waals surface area contributed by atoms with E-state index in [4.69, 9.17) is 10.8 Å². The molecule has 0 aromatic heterocycles. The molecule has 0 aromatic rings. The normalized spacial score (nSPS) is 17.6.